The largest absolute Gasteiger partial charge is 0.493 e. The van der Waals surface area contributed by atoms with Crippen molar-refractivity contribution in [1.29, 1.82) is 0 Å². The summed E-state index contributed by atoms with van der Waals surface area (Å²) in [5.74, 6) is 1.85. The summed E-state index contributed by atoms with van der Waals surface area (Å²) in [5.41, 5.74) is 7.93. The molecule has 2 rings (SSSR count). The van der Waals surface area contributed by atoms with Gasteiger partial charge >= 0.3 is 0 Å². The van der Waals surface area contributed by atoms with E-state index in [-0.39, 0.29) is 0 Å². The minimum absolute atomic E-state index is 0.416. The molecule has 1 aromatic heterocycles. The molecule has 24 heavy (non-hydrogen) atoms. The zero-order valence-electron chi connectivity index (χ0n) is 14.2. The first-order chi connectivity index (χ1) is 11.7. The second-order valence-corrected chi connectivity index (χ2v) is 5.12. The van der Waals surface area contributed by atoms with E-state index in [1.165, 1.54) is 0 Å². The lowest BCUT2D eigenvalue weighted by molar-refractivity contribution is 0.310. The van der Waals surface area contributed by atoms with Gasteiger partial charge in [-0.2, -0.15) is 0 Å². The second-order valence-electron chi connectivity index (χ2n) is 5.12. The molecule has 6 nitrogen and oxygen atoms in total. The van der Waals surface area contributed by atoms with Crippen molar-refractivity contribution < 1.29 is 9.47 Å². The SMILES string of the molecule is CCOc1cc(CN=C(N)NCCc2ccccn2)ccc1OC. The Morgan fingerprint density at radius 3 is 2.83 bits per heavy atom. The summed E-state index contributed by atoms with van der Waals surface area (Å²) in [7, 11) is 1.62. The van der Waals surface area contributed by atoms with Gasteiger partial charge in [0.1, 0.15) is 0 Å². The molecule has 0 aliphatic rings. The number of hydrogen-bond acceptors (Lipinski definition) is 4. The van der Waals surface area contributed by atoms with Gasteiger partial charge in [-0.05, 0) is 36.8 Å². The Kier molecular flexibility index (Phi) is 6.89. The topological polar surface area (TPSA) is 81.8 Å². The van der Waals surface area contributed by atoms with E-state index in [4.69, 9.17) is 15.2 Å². The minimum atomic E-state index is 0.416. The number of pyridine rings is 1. The Balaban J connectivity index is 1.86. The van der Waals surface area contributed by atoms with Crippen molar-refractivity contribution in [3.8, 4) is 11.5 Å². The molecule has 0 atom stereocenters. The Labute approximate surface area is 142 Å². The number of aliphatic imine (C=N–C) groups is 1. The van der Waals surface area contributed by atoms with E-state index < -0.39 is 0 Å². The van der Waals surface area contributed by atoms with Gasteiger partial charge in [0.05, 0.1) is 20.3 Å². The zero-order valence-corrected chi connectivity index (χ0v) is 14.2. The van der Waals surface area contributed by atoms with Crippen LogP contribution in [0.1, 0.15) is 18.2 Å². The van der Waals surface area contributed by atoms with Gasteiger partial charge in [-0.15, -0.1) is 0 Å². The van der Waals surface area contributed by atoms with Gasteiger partial charge in [0, 0.05) is 24.9 Å². The van der Waals surface area contributed by atoms with Crippen LogP contribution in [0, 0.1) is 0 Å². The van der Waals surface area contributed by atoms with Crippen molar-refractivity contribution in [2.24, 2.45) is 10.7 Å². The maximum Gasteiger partial charge on any atom is 0.188 e. The first-order valence-electron chi connectivity index (χ1n) is 7.96. The number of aromatic nitrogens is 1. The average molecular weight is 328 g/mol. The fourth-order valence-electron chi connectivity index (χ4n) is 2.18. The van der Waals surface area contributed by atoms with E-state index in [0.29, 0.717) is 31.4 Å². The summed E-state index contributed by atoms with van der Waals surface area (Å²) in [6, 6.07) is 11.6. The molecule has 128 valence electrons. The highest BCUT2D eigenvalue weighted by atomic mass is 16.5. The molecule has 0 saturated heterocycles. The fraction of sp³-hybridized carbons (Fsp3) is 0.333. The van der Waals surface area contributed by atoms with Gasteiger partial charge in [0.2, 0.25) is 0 Å². The zero-order chi connectivity index (χ0) is 17.2. The Hall–Kier alpha value is -2.76. The van der Waals surface area contributed by atoms with E-state index in [0.717, 1.165) is 23.4 Å². The van der Waals surface area contributed by atoms with Crippen LogP contribution in [-0.2, 0) is 13.0 Å². The maximum absolute atomic E-state index is 5.90. The van der Waals surface area contributed by atoms with Gasteiger partial charge in [0.15, 0.2) is 17.5 Å². The number of hydrogen-bond donors (Lipinski definition) is 2. The highest BCUT2D eigenvalue weighted by molar-refractivity contribution is 5.77. The number of nitrogens with two attached hydrogens (primary N) is 1. The van der Waals surface area contributed by atoms with Crippen LogP contribution in [0.5, 0.6) is 11.5 Å². The molecule has 0 amide bonds. The van der Waals surface area contributed by atoms with Crippen molar-refractivity contribution in [2.75, 3.05) is 20.3 Å². The summed E-state index contributed by atoms with van der Waals surface area (Å²) in [6.07, 6.45) is 2.58. The minimum Gasteiger partial charge on any atom is -0.493 e. The fourth-order valence-corrected chi connectivity index (χ4v) is 2.18. The predicted octanol–water partition coefficient (Wildman–Crippen LogP) is 2.14. The van der Waals surface area contributed by atoms with Crippen LogP contribution in [0.25, 0.3) is 0 Å². The molecule has 1 aromatic carbocycles. The number of nitrogens with one attached hydrogen (secondary N) is 1. The first kappa shape index (κ1) is 17.6. The number of methoxy groups -OCH3 is 1. The lowest BCUT2D eigenvalue weighted by Gasteiger charge is -2.10. The molecule has 0 unspecified atom stereocenters. The van der Waals surface area contributed by atoms with Gasteiger partial charge in [-0.25, -0.2) is 4.99 Å². The molecular weight excluding hydrogens is 304 g/mol. The number of benzene rings is 1. The van der Waals surface area contributed by atoms with E-state index in [2.05, 4.69) is 15.3 Å². The third-order valence-corrected chi connectivity index (χ3v) is 3.37. The summed E-state index contributed by atoms with van der Waals surface area (Å²) >= 11 is 0. The van der Waals surface area contributed by atoms with Crippen LogP contribution in [0.4, 0.5) is 0 Å². The van der Waals surface area contributed by atoms with Gasteiger partial charge in [-0.3, -0.25) is 4.98 Å². The molecule has 0 radical (unpaired) electrons. The highest BCUT2D eigenvalue weighted by Gasteiger charge is 2.05. The van der Waals surface area contributed by atoms with Crippen molar-refractivity contribution in [1.82, 2.24) is 10.3 Å². The van der Waals surface area contributed by atoms with E-state index in [1.807, 2.05) is 43.3 Å². The second kappa shape index (κ2) is 9.39. The lowest BCUT2D eigenvalue weighted by atomic mass is 10.2. The summed E-state index contributed by atoms with van der Waals surface area (Å²) in [6.45, 7) is 3.69. The molecule has 1 heterocycles. The van der Waals surface area contributed by atoms with Crippen LogP contribution in [0.15, 0.2) is 47.6 Å². The van der Waals surface area contributed by atoms with E-state index >= 15 is 0 Å². The molecule has 0 saturated carbocycles. The van der Waals surface area contributed by atoms with Crippen molar-refractivity contribution in [3.63, 3.8) is 0 Å². The summed E-state index contributed by atoms with van der Waals surface area (Å²) in [4.78, 5) is 8.62. The standard InChI is InChI=1S/C18H24N4O2/c1-3-24-17-12-14(7-8-16(17)23-2)13-22-18(19)21-11-9-15-6-4-5-10-20-15/h4-8,10,12H,3,9,11,13H2,1-2H3,(H3,19,21,22). The Bertz CT molecular complexity index is 659. The van der Waals surface area contributed by atoms with E-state index in [9.17, 15) is 0 Å². The monoisotopic (exact) mass is 328 g/mol. The average Bonchev–Trinajstić information content (AvgIpc) is 2.61. The Morgan fingerprint density at radius 1 is 1.25 bits per heavy atom. The van der Waals surface area contributed by atoms with E-state index in [1.54, 1.807) is 13.3 Å². The number of nitrogens with zero attached hydrogens (tertiary/aromatic N) is 2. The normalized spacial score (nSPS) is 11.2. The third-order valence-electron chi connectivity index (χ3n) is 3.37. The number of guanidine groups is 1. The highest BCUT2D eigenvalue weighted by Crippen LogP contribution is 2.28. The van der Waals surface area contributed by atoms with Crippen LogP contribution in [0.2, 0.25) is 0 Å². The molecule has 0 fully saturated rings. The maximum atomic E-state index is 5.90. The van der Waals surface area contributed by atoms with Crippen molar-refractivity contribution >= 4 is 5.96 Å². The van der Waals surface area contributed by atoms with Crippen LogP contribution in [0.3, 0.4) is 0 Å². The number of rotatable bonds is 8. The molecule has 0 spiro atoms. The third kappa shape index (κ3) is 5.46. The molecule has 6 heteroatoms. The van der Waals surface area contributed by atoms with Gasteiger partial charge < -0.3 is 20.5 Å². The first-order valence-corrected chi connectivity index (χ1v) is 7.96. The molecule has 0 aliphatic heterocycles. The summed E-state index contributed by atoms with van der Waals surface area (Å²) in [5, 5.41) is 3.10. The van der Waals surface area contributed by atoms with Crippen LogP contribution in [-0.4, -0.2) is 31.2 Å². The quantitative estimate of drug-likeness (QED) is 0.573. The number of ether oxygens (including phenoxy) is 2. The van der Waals surface area contributed by atoms with Crippen LogP contribution >= 0.6 is 0 Å². The van der Waals surface area contributed by atoms with Gasteiger partial charge in [-0.1, -0.05) is 12.1 Å². The molecule has 2 aromatic rings. The molecule has 0 aliphatic carbocycles. The smallest absolute Gasteiger partial charge is 0.188 e. The lowest BCUT2D eigenvalue weighted by Crippen LogP contribution is -2.33. The molecular formula is C18H24N4O2. The van der Waals surface area contributed by atoms with Crippen molar-refractivity contribution in [3.05, 3.63) is 53.9 Å². The van der Waals surface area contributed by atoms with Crippen molar-refractivity contribution in [2.45, 2.75) is 19.9 Å². The molecule has 0 bridgehead atoms. The predicted molar refractivity (Wildman–Crippen MR) is 95.4 cm³/mol. The van der Waals surface area contributed by atoms with Crippen LogP contribution < -0.4 is 20.5 Å². The Morgan fingerprint density at radius 2 is 2.12 bits per heavy atom. The van der Waals surface area contributed by atoms with Gasteiger partial charge in [0.25, 0.3) is 0 Å². The molecule has 3 N–H and O–H groups in total. The summed E-state index contributed by atoms with van der Waals surface area (Å²) < 4.78 is 10.8.